The highest BCUT2D eigenvalue weighted by Gasteiger charge is 2.06. The van der Waals surface area contributed by atoms with Crippen LogP contribution in [0.25, 0.3) is 0 Å². The number of H-pyrrole nitrogens is 1. The monoisotopic (exact) mass is 196 g/mol. The van der Waals surface area contributed by atoms with E-state index in [-0.39, 0.29) is 11.2 Å². The third-order valence-corrected chi connectivity index (χ3v) is 2.43. The smallest absolute Gasteiger partial charge is 0.314 e. The van der Waals surface area contributed by atoms with Crippen molar-refractivity contribution in [1.29, 1.82) is 0 Å². The molecule has 1 heterocycles. The van der Waals surface area contributed by atoms with E-state index in [1.54, 1.807) is 6.92 Å². The Morgan fingerprint density at radius 3 is 2.71 bits per heavy atom. The summed E-state index contributed by atoms with van der Waals surface area (Å²) in [5, 5.41) is 0. The second kappa shape index (κ2) is 4.26. The van der Waals surface area contributed by atoms with Gasteiger partial charge in [0.05, 0.1) is 0 Å². The highest BCUT2D eigenvalue weighted by Crippen LogP contribution is 2.01. The van der Waals surface area contributed by atoms with Gasteiger partial charge >= 0.3 is 5.69 Å². The second-order valence-electron chi connectivity index (χ2n) is 3.71. The molecule has 1 unspecified atom stereocenters. The fraction of sp³-hybridized carbons (Fsp3) is 0.600. The van der Waals surface area contributed by atoms with E-state index in [1.807, 2.05) is 13.8 Å². The Hall–Kier alpha value is -1.32. The molecular formula is C10H16N2O2. The van der Waals surface area contributed by atoms with Gasteiger partial charge in [-0.2, -0.15) is 0 Å². The molecule has 0 aromatic carbocycles. The van der Waals surface area contributed by atoms with Crippen LogP contribution in [0.3, 0.4) is 0 Å². The summed E-state index contributed by atoms with van der Waals surface area (Å²) in [5.74, 6) is 0.343. The fourth-order valence-electron chi connectivity index (χ4n) is 1.22. The average molecular weight is 196 g/mol. The number of hydrogen-bond donors (Lipinski definition) is 1. The zero-order valence-corrected chi connectivity index (χ0v) is 8.83. The molecule has 0 amide bonds. The summed E-state index contributed by atoms with van der Waals surface area (Å²) in [6, 6.07) is 0. The molecule has 0 fully saturated rings. The van der Waals surface area contributed by atoms with E-state index in [1.165, 1.54) is 10.8 Å². The van der Waals surface area contributed by atoms with Gasteiger partial charge in [-0.1, -0.05) is 20.3 Å². The molecule has 14 heavy (non-hydrogen) atoms. The lowest BCUT2D eigenvalue weighted by molar-refractivity contribution is 0.445. The molecular weight excluding hydrogens is 180 g/mol. The maximum Gasteiger partial charge on any atom is 0.328 e. The Morgan fingerprint density at radius 2 is 2.14 bits per heavy atom. The van der Waals surface area contributed by atoms with Crippen molar-refractivity contribution < 1.29 is 0 Å². The summed E-state index contributed by atoms with van der Waals surface area (Å²) in [6.45, 7) is 6.26. The quantitative estimate of drug-likeness (QED) is 0.780. The van der Waals surface area contributed by atoms with Gasteiger partial charge in [0.25, 0.3) is 5.56 Å². The Bertz CT molecular complexity index is 417. The highest BCUT2D eigenvalue weighted by atomic mass is 16.2. The first kappa shape index (κ1) is 10.8. The number of aryl methyl sites for hydroxylation is 1. The van der Waals surface area contributed by atoms with E-state index in [0.717, 1.165) is 6.42 Å². The topological polar surface area (TPSA) is 54.9 Å². The van der Waals surface area contributed by atoms with Crippen LogP contribution >= 0.6 is 0 Å². The van der Waals surface area contributed by atoms with Crippen molar-refractivity contribution in [3.8, 4) is 0 Å². The maximum absolute atomic E-state index is 11.6. The van der Waals surface area contributed by atoms with Crippen LogP contribution in [0.4, 0.5) is 0 Å². The van der Waals surface area contributed by atoms with Crippen molar-refractivity contribution >= 4 is 0 Å². The van der Waals surface area contributed by atoms with Crippen LogP contribution in [0.2, 0.25) is 0 Å². The molecule has 1 aromatic rings. The van der Waals surface area contributed by atoms with Gasteiger partial charge in [-0.25, -0.2) is 4.79 Å². The van der Waals surface area contributed by atoms with Crippen molar-refractivity contribution in [1.82, 2.24) is 9.55 Å². The van der Waals surface area contributed by atoms with E-state index in [0.29, 0.717) is 18.0 Å². The summed E-state index contributed by atoms with van der Waals surface area (Å²) in [6.07, 6.45) is 2.41. The third kappa shape index (κ3) is 2.13. The van der Waals surface area contributed by atoms with Gasteiger partial charge in [-0.15, -0.1) is 0 Å². The van der Waals surface area contributed by atoms with Gasteiger partial charge in [0.2, 0.25) is 0 Å². The Morgan fingerprint density at radius 1 is 1.50 bits per heavy atom. The summed E-state index contributed by atoms with van der Waals surface area (Å²) in [5.41, 5.74) is 0.0721. The predicted molar refractivity (Wildman–Crippen MR) is 55.5 cm³/mol. The molecule has 0 aliphatic carbocycles. The molecule has 1 N–H and O–H groups in total. The number of aromatic amines is 1. The lowest BCUT2D eigenvalue weighted by atomic mass is 10.1. The SMILES string of the molecule is CCC(C)Cn1c(=O)[nH]cc(C)c1=O. The largest absolute Gasteiger partial charge is 0.328 e. The van der Waals surface area contributed by atoms with Gasteiger partial charge in [0, 0.05) is 18.3 Å². The number of nitrogens with zero attached hydrogens (tertiary/aromatic N) is 1. The first-order valence-electron chi connectivity index (χ1n) is 4.85. The first-order chi connectivity index (χ1) is 6.56. The first-order valence-corrected chi connectivity index (χ1v) is 4.85. The molecule has 1 aromatic heterocycles. The maximum atomic E-state index is 11.6. The molecule has 1 rings (SSSR count). The van der Waals surface area contributed by atoms with E-state index in [9.17, 15) is 9.59 Å². The van der Waals surface area contributed by atoms with Gasteiger partial charge in [0.1, 0.15) is 0 Å². The predicted octanol–water partition coefficient (Wildman–Crippen LogP) is 0.891. The van der Waals surface area contributed by atoms with Crippen molar-refractivity contribution in [3.05, 3.63) is 32.6 Å². The Labute approximate surface area is 82.6 Å². The van der Waals surface area contributed by atoms with Crippen molar-refractivity contribution in [2.75, 3.05) is 0 Å². The molecule has 0 spiro atoms. The van der Waals surface area contributed by atoms with Crippen LogP contribution in [-0.4, -0.2) is 9.55 Å². The molecule has 0 radical (unpaired) electrons. The normalized spacial score (nSPS) is 12.8. The molecule has 78 valence electrons. The van der Waals surface area contributed by atoms with Gasteiger partial charge in [0.15, 0.2) is 0 Å². The molecule has 0 aliphatic rings. The Kier molecular flexibility index (Phi) is 3.28. The minimum atomic E-state index is -0.319. The van der Waals surface area contributed by atoms with E-state index in [2.05, 4.69) is 4.98 Å². The molecule has 0 saturated heterocycles. The zero-order valence-electron chi connectivity index (χ0n) is 8.83. The highest BCUT2D eigenvalue weighted by molar-refractivity contribution is 5.00. The van der Waals surface area contributed by atoms with Gasteiger partial charge < -0.3 is 4.98 Å². The second-order valence-corrected chi connectivity index (χ2v) is 3.71. The molecule has 0 aliphatic heterocycles. The van der Waals surface area contributed by atoms with Gasteiger partial charge in [-0.05, 0) is 12.8 Å². The van der Waals surface area contributed by atoms with Crippen molar-refractivity contribution in [2.24, 2.45) is 5.92 Å². The molecule has 1 atom stereocenters. The van der Waals surface area contributed by atoms with Crippen LogP contribution in [0.5, 0.6) is 0 Å². The molecule has 4 heteroatoms. The van der Waals surface area contributed by atoms with Crippen LogP contribution in [0, 0.1) is 12.8 Å². The minimum Gasteiger partial charge on any atom is -0.314 e. The molecule has 4 nitrogen and oxygen atoms in total. The number of rotatable bonds is 3. The lowest BCUT2D eigenvalue weighted by Crippen LogP contribution is -2.37. The minimum absolute atomic E-state index is 0.186. The van der Waals surface area contributed by atoms with Crippen LogP contribution in [-0.2, 0) is 6.54 Å². The third-order valence-electron chi connectivity index (χ3n) is 2.43. The van der Waals surface area contributed by atoms with Crippen LogP contribution < -0.4 is 11.2 Å². The number of aromatic nitrogens is 2. The summed E-state index contributed by atoms with van der Waals surface area (Å²) in [7, 11) is 0. The fourth-order valence-corrected chi connectivity index (χ4v) is 1.22. The zero-order chi connectivity index (χ0) is 10.7. The van der Waals surface area contributed by atoms with Crippen molar-refractivity contribution in [3.63, 3.8) is 0 Å². The van der Waals surface area contributed by atoms with E-state index < -0.39 is 0 Å². The van der Waals surface area contributed by atoms with E-state index >= 15 is 0 Å². The van der Waals surface area contributed by atoms with Crippen LogP contribution in [0.15, 0.2) is 15.8 Å². The Balaban J connectivity index is 3.14. The summed E-state index contributed by atoms with van der Waals surface area (Å²) in [4.78, 5) is 25.5. The molecule has 0 bridgehead atoms. The molecule has 0 saturated carbocycles. The number of hydrogen-bond acceptors (Lipinski definition) is 2. The average Bonchev–Trinajstić information content (AvgIpc) is 2.18. The standard InChI is InChI=1S/C10H16N2O2/c1-4-7(2)6-12-9(13)8(3)5-11-10(12)14/h5,7H,4,6H2,1-3H3,(H,11,14). The van der Waals surface area contributed by atoms with Gasteiger partial charge in [-0.3, -0.25) is 9.36 Å². The summed E-state index contributed by atoms with van der Waals surface area (Å²) >= 11 is 0. The number of nitrogens with one attached hydrogen (secondary N) is 1. The lowest BCUT2D eigenvalue weighted by Gasteiger charge is -2.09. The summed E-state index contributed by atoms with van der Waals surface area (Å²) < 4.78 is 1.27. The van der Waals surface area contributed by atoms with E-state index in [4.69, 9.17) is 0 Å². The van der Waals surface area contributed by atoms with Crippen LogP contribution in [0.1, 0.15) is 25.8 Å². The van der Waals surface area contributed by atoms with Crippen molar-refractivity contribution in [2.45, 2.75) is 33.7 Å².